The zero-order valence-corrected chi connectivity index (χ0v) is 10.1. The molecule has 0 atom stereocenters. The minimum absolute atomic E-state index is 0.0140. The number of rotatable bonds is 6. The van der Waals surface area contributed by atoms with Crippen molar-refractivity contribution in [1.29, 1.82) is 0 Å². The molecule has 0 saturated carbocycles. The Morgan fingerprint density at radius 3 is 2.95 bits per heavy atom. The van der Waals surface area contributed by atoms with E-state index in [1.807, 2.05) is 0 Å². The lowest BCUT2D eigenvalue weighted by molar-refractivity contribution is -0.384. The molecule has 0 spiro atoms. The Morgan fingerprint density at radius 1 is 1.55 bits per heavy atom. The number of carbonyl (C=O) groups is 1. The van der Waals surface area contributed by atoms with Crippen molar-refractivity contribution in [3.05, 3.63) is 40.3 Å². The highest BCUT2D eigenvalue weighted by Crippen LogP contribution is 2.22. The summed E-state index contributed by atoms with van der Waals surface area (Å²) in [5.74, 6) is -1.25. The molecular weight excluding hydrogens is 268 g/mol. The third-order valence-electron chi connectivity index (χ3n) is 2.42. The molecule has 0 aliphatic rings. The Kier molecular flexibility index (Phi) is 3.84. The average molecular weight is 278 g/mol. The van der Waals surface area contributed by atoms with E-state index in [0.717, 1.165) is 12.3 Å². The lowest BCUT2D eigenvalue weighted by atomic mass is 10.2. The number of hydrogen-bond donors (Lipinski definition) is 2. The van der Waals surface area contributed by atoms with Crippen LogP contribution in [0.1, 0.15) is 10.4 Å². The quantitative estimate of drug-likeness (QED) is 0.572. The van der Waals surface area contributed by atoms with Crippen LogP contribution in [0.5, 0.6) is 0 Å². The predicted octanol–water partition coefficient (Wildman–Crippen LogP) is 0.392. The molecule has 2 aromatic rings. The fraction of sp³-hybridized carbons (Fsp3) is 0.200. The van der Waals surface area contributed by atoms with E-state index in [9.17, 15) is 14.9 Å². The average Bonchev–Trinajstić information content (AvgIpc) is 2.91. The summed E-state index contributed by atoms with van der Waals surface area (Å²) in [5.41, 5.74) is -0.623. The maximum absolute atomic E-state index is 10.9. The van der Waals surface area contributed by atoms with Crippen LogP contribution < -0.4 is 5.32 Å². The maximum Gasteiger partial charge on any atom is 0.337 e. The first kappa shape index (κ1) is 13.4. The molecule has 2 aromatic heterocycles. The molecule has 2 heterocycles. The lowest BCUT2D eigenvalue weighted by Crippen LogP contribution is -2.13. The van der Waals surface area contributed by atoms with Gasteiger partial charge in [0.05, 0.1) is 23.2 Å². The summed E-state index contributed by atoms with van der Waals surface area (Å²) in [6.45, 7) is 0.781. The molecule has 10 heteroatoms. The zero-order valence-electron chi connectivity index (χ0n) is 10.1. The fourth-order valence-electron chi connectivity index (χ4n) is 1.49. The van der Waals surface area contributed by atoms with Crippen molar-refractivity contribution in [2.75, 3.05) is 11.9 Å². The number of nitro groups is 1. The summed E-state index contributed by atoms with van der Waals surface area (Å²) in [7, 11) is 0. The number of aromatic nitrogens is 4. The number of carboxylic acids is 1. The Balaban J connectivity index is 2.10. The number of aromatic carboxylic acids is 1. The molecule has 2 rings (SSSR count). The van der Waals surface area contributed by atoms with Crippen molar-refractivity contribution >= 4 is 17.5 Å². The molecule has 0 radical (unpaired) electrons. The minimum atomic E-state index is -1.27. The van der Waals surface area contributed by atoms with Crippen LogP contribution in [-0.2, 0) is 6.54 Å². The molecule has 0 aromatic carbocycles. The first-order chi connectivity index (χ1) is 9.58. The van der Waals surface area contributed by atoms with Crippen LogP contribution in [-0.4, -0.2) is 42.5 Å². The number of pyridine rings is 1. The van der Waals surface area contributed by atoms with Gasteiger partial charge in [-0.3, -0.25) is 14.8 Å². The second-order valence-corrected chi connectivity index (χ2v) is 3.75. The minimum Gasteiger partial charge on any atom is -0.478 e. The van der Waals surface area contributed by atoms with E-state index < -0.39 is 10.9 Å². The molecular formula is C10H10N6O4. The number of nitrogens with zero attached hydrogens (tertiary/aromatic N) is 5. The van der Waals surface area contributed by atoms with Crippen LogP contribution in [0.4, 0.5) is 11.5 Å². The van der Waals surface area contributed by atoms with Crippen LogP contribution in [0, 0.1) is 10.1 Å². The second kappa shape index (κ2) is 5.73. The second-order valence-electron chi connectivity index (χ2n) is 3.75. The van der Waals surface area contributed by atoms with Gasteiger partial charge in [0.15, 0.2) is 0 Å². The third kappa shape index (κ3) is 3.04. The Labute approximate surface area is 112 Å². The molecule has 0 bridgehead atoms. The molecule has 0 amide bonds. The third-order valence-corrected chi connectivity index (χ3v) is 2.42. The van der Waals surface area contributed by atoms with Gasteiger partial charge in [-0.2, -0.15) is 0 Å². The summed E-state index contributed by atoms with van der Waals surface area (Å²) in [4.78, 5) is 24.7. The van der Waals surface area contributed by atoms with Crippen LogP contribution in [0.2, 0.25) is 0 Å². The Hall–Kier alpha value is -3.04. The van der Waals surface area contributed by atoms with Gasteiger partial charge in [-0.1, -0.05) is 5.21 Å². The number of nitrogens with one attached hydrogen (secondary N) is 1. The van der Waals surface area contributed by atoms with E-state index in [-0.39, 0.29) is 17.1 Å². The molecule has 0 aliphatic heterocycles. The van der Waals surface area contributed by atoms with Crippen molar-refractivity contribution in [1.82, 2.24) is 20.0 Å². The number of hydrogen-bond acceptors (Lipinski definition) is 7. The molecule has 20 heavy (non-hydrogen) atoms. The van der Waals surface area contributed by atoms with Crippen LogP contribution >= 0.6 is 0 Å². The van der Waals surface area contributed by atoms with Crippen LogP contribution in [0.15, 0.2) is 24.7 Å². The molecule has 0 unspecified atom stereocenters. The lowest BCUT2D eigenvalue weighted by Gasteiger charge is -2.06. The highest BCUT2D eigenvalue weighted by Gasteiger charge is 2.18. The molecule has 0 aliphatic carbocycles. The van der Waals surface area contributed by atoms with E-state index in [1.54, 1.807) is 10.9 Å². The van der Waals surface area contributed by atoms with Crippen LogP contribution in [0.25, 0.3) is 0 Å². The van der Waals surface area contributed by atoms with Gasteiger partial charge in [0.25, 0.3) is 0 Å². The molecule has 104 valence electrons. The van der Waals surface area contributed by atoms with Gasteiger partial charge < -0.3 is 10.4 Å². The zero-order chi connectivity index (χ0) is 14.5. The van der Waals surface area contributed by atoms with Crippen LogP contribution in [0.3, 0.4) is 0 Å². The van der Waals surface area contributed by atoms with E-state index in [2.05, 4.69) is 20.6 Å². The number of carboxylic acid groups (broad SMARTS) is 1. The van der Waals surface area contributed by atoms with E-state index in [1.165, 1.54) is 6.20 Å². The van der Waals surface area contributed by atoms with E-state index in [4.69, 9.17) is 5.11 Å². The van der Waals surface area contributed by atoms with Crippen molar-refractivity contribution in [3.63, 3.8) is 0 Å². The van der Waals surface area contributed by atoms with Gasteiger partial charge in [-0.25, -0.2) is 9.78 Å². The smallest absolute Gasteiger partial charge is 0.337 e. The molecule has 10 nitrogen and oxygen atoms in total. The van der Waals surface area contributed by atoms with Crippen molar-refractivity contribution in [2.45, 2.75) is 6.54 Å². The summed E-state index contributed by atoms with van der Waals surface area (Å²) in [5, 5.41) is 29.8. The predicted molar refractivity (Wildman–Crippen MR) is 66.4 cm³/mol. The van der Waals surface area contributed by atoms with Gasteiger partial charge in [-0.05, 0) is 0 Å². The van der Waals surface area contributed by atoms with Gasteiger partial charge >= 0.3 is 11.7 Å². The fourth-order valence-corrected chi connectivity index (χ4v) is 1.49. The standard InChI is InChI=1S/C10H10N6O4/c17-10(18)7-5-8(16(19)20)9(12-6-7)11-1-3-15-4-2-13-14-15/h2,4-6H,1,3H2,(H,11,12)(H,17,18). The monoisotopic (exact) mass is 278 g/mol. The molecule has 2 N–H and O–H groups in total. The van der Waals surface area contributed by atoms with Crippen molar-refractivity contribution < 1.29 is 14.8 Å². The van der Waals surface area contributed by atoms with E-state index in [0.29, 0.717) is 13.1 Å². The largest absolute Gasteiger partial charge is 0.478 e. The normalized spacial score (nSPS) is 10.2. The summed E-state index contributed by atoms with van der Waals surface area (Å²) >= 11 is 0. The molecule has 0 saturated heterocycles. The Morgan fingerprint density at radius 2 is 2.35 bits per heavy atom. The van der Waals surface area contributed by atoms with E-state index >= 15 is 0 Å². The highest BCUT2D eigenvalue weighted by atomic mass is 16.6. The summed E-state index contributed by atoms with van der Waals surface area (Å²) in [6, 6.07) is 0.965. The van der Waals surface area contributed by atoms with Gasteiger partial charge in [0.2, 0.25) is 5.82 Å². The Bertz CT molecular complexity index is 627. The molecule has 0 fully saturated rings. The topological polar surface area (TPSA) is 136 Å². The van der Waals surface area contributed by atoms with Crippen molar-refractivity contribution in [3.8, 4) is 0 Å². The first-order valence-corrected chi connectivity index (χ1v) is 5.53. The first-order valence-electron chi connectivity index (χ1n) is 5.53. The van der Waals surface area contributed by atoms with Gasteiger partial charge in [0, 0.05) is 25.0 Å². The summed E-state index contributed by atoms with van der Waals surface area (Å²) in [6.07, 6.45) is 4.23. The van der Waals surface area contributed by atoms with Crippen molar-refractivity contribution in [2.24, 2.45) is 0 Å². The highest BCUT2D eigenvalue weighted by molar-refractivity contribution is 5.88. The SMILES string of the molecule is O=C(O)c1cnc(NCCn2ccnn2)c([N+](=O)[O-])c1. The van der Waals surface area contributed by atoms with Gasteiger partial charge in [0.1, 0.15) is 0 Å². The maximum atomic E-state index is 10.9. The number of anilines is 1. The van der Waals surface area contributed by atoms with Gasteiger partial charge in [-0.15, -0.1) is 5.10 Å². The summed E-state index contributed by atoms with van der Waals surface area (Å²) < 4.78 is 1.55.